The summed E-state index contributed by atoms with van der Waals surface area (Å²) in [4.78, 5) is 24.7. The molecule has 0 aromatic carbocycles. The molecule has 0 heterocycles. The second kappa shape index (κ2) is 25.7. The van der Waals surface area contributed by atoms with E-state index in [0.29, 0.717) is 17.4 Å². The highest BCUT2D eigenvalue weighted by molar-refractivity contribution is 7.45. The van der Waals surface area contributed by atoms with Gasteiger partial charge in [-0.1, -0.05) is 122 Å². The van der Waals surface area contributed by atoms with Gasteiger partial charge in [-0.25, -0.2) is 0 Å². The van der Waals surface area contributed by atoms with Gasteiger partial charge in [-0.05, 0) is 19.3 Å². The molecule has 0 aliphatic carbocycles. The standard InChI is InChI=1S/C32H65N2O6P/c1-6-8-10-12-13-14-15-16-17-18-19-20-21-22-23-25-31(35)30(33-32(36)26-24-11-9-7-2)29-40-41(37,38)39-28-27-34(3,4)5/h23,25,30-31,35H,6-22,24,26-29H2,1-5H3,(H-,33,36,37,38)/b25-23+. The number of phosphoric acid groups is 1. The van der Waals surface area contributed by atoms with E-state index in [1.807, 2.05) is 27.2 Å². The Morgan fingerprint density at radius 1 is 0.829 bits per heavy atom. The van der Waals surface area contributed by atoms with E-state index >= 15 is 0 Å². The fourth-order valence-corrected chi connectivity index (χ4v) is 5.22. The summed E-state index contributed by atoms with van der Waals surface area (Å²) in [5, 5.41) is 13.5. The Kier molecular flexibility index (Phi) is 25.2. The van der Waals surface area contributed by atoms with E-state index in [1.54, 1.807) is 6.08 Å². The van der Waals surface area contributed by atoms with Crippen molar-refractivity contribution in [2.75, 3.05) is 40.9 Å². The average Bonchev–Trinajstić information content (AvgIpc) is 2.90. The van der Waals surface area contributed by atoms with Gasteiger partial charge < -0.3 is 28.8 Å². The second-order valence-electron chi connectivity index (χ2n) is 12.5. The Morgan fingerprint density at radius 3 is 1.83 bits per heavy atom. The van der Waals surface area contributed by atoms with Crippen LogP contribution in [0.1, 0.15) is 136 Å². The van der Waals surface area contributed by atoms with E-state index in [1.165, 1.54) is 70.6 Å². The molecule has 0 radical (unpaired) electrons. The van der Waals surface area contributed by atoms with Crippen LogP contribution in [0.2, 0.25) is 0 Å². The first-order chi connectivity index (χ1) is 19.5. The van der Waals surface area contributed by atoms with Crippen LogP contribution < -0.4 is 10.2 Å². The summed E-state index contributed by atoms with van der Waals surface area (Å²) in [7, 11) is 1.26. The van der Waals surface area contributed by atoms with Crippen molar-refractivity contribution >= 4 is 13.7 Å². The Hall–Kier alpha value is -0.760. The lowest BCUT2D eigenvalue weighted by Crippen LogP contribution is -2.45. The quantitative estimate of drug-likeness (QED) is 0.0410. The van der Waals surface area contributed by atoms with E-state index in [9.17, 15) is 19.4 Å². The van der Waals surface area contributed by atoms with Crippen molar-refractivity contribution in [2.45, 2.75) is 148 Å². The van der Waals surface area contributed by atoms with Crippen LogP contribution in [0.15, 0.2) is 12.2 Å². The molecule has 41 heavy (non-hydrogen) atoms. The molecule has 0 aromatic rings. The Bertz CT molecular complexity index is 698. The van der Waals surface area contributed by atoms with Crippen LogP contribution in [0.25, 0.3) is 0 Å². The van der Waals surface area contributed by atoms with Crippen molar-refractivity contribution in [3.05, 3.63) is 12.2 Å². The first kappa shape index (κ1) is 40.2. The first-order valence-corrected chi connectivity index (χ1v) is 18.0. The lowest BCUT2D eigenvalue weighted by atomic mass is 10.0. The fraction of sp³-hybridized carbons (Fsp3) is 0.906. The molecule has 0 rings (SSSR count). The molecule has 0 spiro atoms. The van der Waals surface area contributed by atoms with Crippen LogP contribution in [0.3, 0.4) is 0 Å². The number of phosphoric ester groups is 1. The molecule has 9 heteroatoms. The normalized spacial score (nSPS) is 15.2. The van der Waals surface area contributed by atoms with Crippen LogP contribution in [-0.4, -0.2) is 68.5 Å². The lowest BCUT2D eigenvalue weighted by Gasteiger charge is -2.29. The minimum Gasteiger partial charge on any atom is -0.756 e. The molecule has 3 atom stereocenters. The zero-order valence-corrected chi connectivity index (χ0v) is 28.1. The van der Waals surface area contributed by atoms with Gasteiger partial charge in [-0.15, -0.1) is 0 Å². The number of amides is 1. The number of allylic oxidation sites excluding steroid dienone is 1. The molecular weight excluding hydrogens is 539 g/mol. The number of aliphatic hydroxyl groups is 1. The predicted octanol–water partition coefficient (Wildman–Crippen LogP) is 7.05. The van der Waals surface area contributed by atoms with Crippen molar-refractivity contribution in [1.82, 2.24) is 5.32 Å². The number of rotatable bonds is 29. The first-order valence-electron chi connectivity index (χ1n) is 16.6. The van der Waals surface area contributed by atoms with Crippen molar-refractivity contribution < 1.29 is 32.9 Å². The number of carbonyl (C=O) groups is 1. The second-order valence-corrected chi connectivity index (χ2v) is 13.9. The highest BCUT2D eigenvalue weighted by Gasteiger charge is 2.23. The molecule has 0 saturated carbocycles. The lowest BCUT2D eigenvalue weighted by molar-refractivity contribution is -0.870. The molecule has 1 amide bonds. The number of unbranched alkanes of at least 4 members (excludes halogenated alkanes) is 16. The van der Waals surface area contributed by atoms with Gasteiger partial charge in [0.2, 0.25) is 5.91 Å². The number of aliphatic hydroxyl groups excluding tert-OH is 1. The SMILES string of the molecule is CCCCCCCCCCCCCCC/C=C/C(O)C(COP(=O)([O-])OCC[N+](C)(C)C)NC(=O)CCCCCC. The van der Waals surface area contributed by atoms with Gasteiger partial charge in [0.15, 0.2) is 0 Å². The summed E-state index contributed by atoms with van der Waals surface area (Å²) in [6, 6.07) is -0.874. The number of carbonyl (C=O) groups excluding carboxylic acids is 1. The Labute approximate surface area is 252 Å². The van der Waals surface area contributed by atoms with Crippen LogP contribution >= 0.6 is 7.82 Å². The zero-order valence-electron chi connectivity index (χ0n) is 27.2. The van der Waals surface area contributed by atoms with E-state index in [0.717, 1.165) is 44.9 Å². The van der Waals surface area contributed by atoms with Crippen molar-refractivity contribution in [1.29, 1.82) is 0 Å². The largest absolute Gasteiger partial charge is 0.756 e. The van der Waals surface area contributed by atoms with Gasteiger partial charge in [0, 0.05) is 6.42 Å². The van der Waals surface area contributed by atoms with Gasteiger partial charge in [0.05, 0.1) is 39.9 Å². The number of quaternary nitrogens is 1. The molecule has 0 aliphatic heterocycles. The summed E-state index contributed by atoms with van der Waals surface area (Å²) in [6.07, 6.45) is 24.5. The maximum Gasteiger partial charge on any atom is 0.268 e. The minimum absolute atomic E-state index is 0.000311. The van der Waals surface area contributed by atoms with E-state index in [4.69, 9.17) is 9.05 Å². The zero-order chi connectivity index (χ0) is 30.8. The molecule has 0 saturated heterocycles. The maximum absolute atomic E-state index is 12.5. The summed E-state index contributed by atoms with van der Waals surface area (Å²) >= 11 is 0. The minimum atomic E-state index is -4.56. The van der Waals surface area contributed by atoms with Crippen molar-refractivity contribution in [2.24, 2.45) is 0 Å². The number of nitrogens with zero attached hydrogens (tertiary/aromatic N) is 1. The molecule has 2 N–H and O–H groups in total. The average molecular weight is 605 g/mol. The van der Waals surface area contributed by atoms with E-state index < -0.39 is 20.0 Å². The van der Waals surface area contributed by atoms with Crippen LogP contribution in [0, 0.1) is 0 Å². The predicted molar refractivity (Wildman–Crippen MR) is 169 cm³/mol. The molecular formula is C32H65N2O6P. The summed E-state index contributed by atoms with van der Waals surface area (Å²) in [5.41, 5.74) is 0. The third-order valence-corrected chi connectivity index (χ3v) is 8.21. The van der Waals surface area contributed by atoms with Crippen molar-refractivity contribution in [3.8, 4) is 0 Å². The molecule has 0 fully saturated rings. The monoisotopic (exact) mass is 604 g/mol. The Balaban J connectivity index is 4.43. The number of nitrogens with one attached hydrogen (secondary N) is 1. The molecule has 0 aromatic heterocycles. The van der Waals surface area contributed by atoms with Gasteiger partial charge in [0.1, 0.15) is 13.2 Å². The van der Waals surface area contributed by atoms with Gasteiger partial charge in [-0.2, -0.15) is 0 Å². The van der Waals surface area contributed by atoms with E-state index in [2.05, 4.69) is 19.2 Å². The smallest absolute Gasteiger partial charge is 0.268 e. The van der Waals surface area contributed by atoms with Crippen LogP contribution in [0.5, 0.6) is 0 Å². The summed E-state index contributed by atoms with van der Waals surface area (Å²) in [5.74, 6) is -0.217. The topological polar surface area (TPSA) is 108 Å². The third kappa shape index (κ3) is 27.8. The number of hydrogen-bond donors (Lipinski definition) is 2. The van der Waals surface area contributed by atoms with Crippen molar-refractivity contribution in [3.63, 3.8) is 0 Å². The third-order valence-electron chi connectivity index (χ3n) is 7.25. The molecule has 0 bridgehead atoms. The van der Waals surface area contributed by atoms with E-state index in [-0.39, 0.29) is 19.1 Å². The van der Waals surface area contributed by atoms with Gasteiger partial charge in [-0.3, -0.25) is 9.36 Å². The molecule has 0 aliphatic rings. The number of likely N-dealkylation sites (N-methyl/N-ethyl adjacent to an activating group) is 1. The van der Waals surface area contributed by atoms with Gasteiger partial charge >= 0.3 is 0 Å². The fourth-order valence-electron chi connectivity index (χ4n) is 4.50. The summed E-state index contributed by atoms with van der Waals surface area (Å²) in [6.45, 7) is 4.49. The van der Waals surface area contributed by atoms with Crippen LogP contribution in [-0.2, 0) is 18.4 Å². The van der Waals surface area contributed by atoms with Gasteiger partial charge in [0.25, 0.3) is 7.82 Å². The maximum atomic E-state index is 12.5. The Morgan fingerprint density at radius 2 is 1.32 bits per heavy atom. The molecule has 244 valence electrons. The molecule has 3 unspecified atom stereocenters. The van der Waals surface area contributed by atoms with Crippen LogP contribution in [0.4, 0.5) is 0 Å². The molecule has 8 nitrogen and oxygen atoms in total. The summed E-state index contributed by atoms with van der Waals surface area (Å²) < 4.78 is 22.8. The number of hydrogen-bond acceptors (Lipinski definition) is 6. The highest BCUT2D eigenvalue weighted by atomic mass is 31.2. The highest BCUT2D eigenvalue weighted by Crippen LogP contribution is 2.38.